The number of nitrogens with one attached hydrogen (secondary N) is 3. The molecule has 0 atom stereocenters. The largest absolute Gasteiger partial charge is 0.447 e. The maximum absolute atomic E-state index is 12.2. The van der Waals surface area contributed by atoms with Crippen molar-refractivity contribution in [2.24, 2.45) is 0 Å². The van der Waals surface area contributed by atoms with Crippen LogP contribution in [0.3, 0.4) is 0 Å². The van der Waals surface area contributed by atoms with Crippen LogP contribution in [0, 0.1) is 0 Å². The van der Waals surface area contributed by atoms with Crippen LogP contribution in [-0.4, -0.2) is 81.8 Å². The number of benzene rings is 1. The average Bonchev–Trinajstić information content (AvgIpc) is 2.82. The lowest BCUT2D eigenvalue weighted by atomic mass is 10.2. The number of amides is 2. The van der Waals surface area contributed by atoms with E-state index in [4.69, 9.17) is 18.9 Å². The topological polar surface area (TPSA) is 133 Å². The van der Waals surface area contributed by atoms with Gasteiger partial charge >= 0.3 is 6.09 Å². The van der Waals surface area contributed by atoms with Gasteiger partial charge in [0.2, 0.25) is 0 Å². The summed E-state index contributed by atoms with van der Waals surface area (Å²) in [4.78, 5) is 31.1. The van der Waals surface area contributed by atoms with Gasteiger partial charge < -0.3 is 34.9 Å². The monoisotopic (exact) mass is 447 g/mol. The quantitative estimate of drug-likeness (QED) is 0.346. The molecule has 11 heteroatoms. The van der Waals surface area contributed by atoms with E-state index in [0.717, 1.165) is 5.69 Å². The molecule has 174 valence electrons. The van der Waals surface area contributed by atoms with Gasteiger partial charge in [-0.3, -0.25) is 9.78 Å². The van der Waals surface area contributed by atoms with Crippen LogP contribution in [0.2, 0.25) is 0 Å². The fraction of sp³-hybridized carbons (Fsp3) is 0.429. The molecule has 0 radical (unpaired) electrons. The number of carbonyl (C=O) groups is 2. The number of ether oxygens (including phenoxy) is 4. The Balaban J connectivity index is 1.45. The highest BCUT2D eigenvalue weighted by Gasteiger charge is 2.05. The van der Waals surface area contributed by atoms with Gasteiger partial charge in [-0.05, 0) is 24.3 Å². The van der Waals surface area contributed by atoms with Crippen LogP contribution < -0.4 is 16.0 Å². The molecule has 1 heterocycles. The third-order valence-corrected chi connectivity index (χ3v) is 3.92. The van der Waals surface area contributed by atoms with E-state index in [2.05, 4.69) is 25.9 Å². The molecule has 0 saturated carbocycles. The fourth-order valence-electron chi connectivity index (χ4n) is 2.36. The van der Waals surface area contributed by atoms with Gasteiger partial charge in [0.05, 0.1) is 45.8 Å². The molecule has 32 heavy (non-hydrogen) atoms. The fourth-order valence-corrected chi connectivity index (χ4v) is 2.36. The Hall–Kier alpha value is -3.28. The summed E-state index contributed by atoms with van der Waals surface area (Å²) in [7, 11) is 1.49. The molecule has 1 aromatic carbocycles. The van der Waals surface area contributed by atoms with E-state index in [1.165, 1.54) is 7.05 Å². The number of anilines is 2. The third kappa shape index (κ3) is 10.7. The zero-order valence-electron chi connectivity index (χ0n) is 18.0. The molecule has 2 amide bonds. The number of rotatable bonds is 15. The van der Waals surface area contributed by atoms with Gasteiger partial charge in [-0.15, -0.1) is 0 Å². The molecule has 2 rings (SSSR count). The zero-order chi connectivity index (χ0) is 22.9. The standard InChI is InChI=1S/C21H29N5O6/c1-22-21(28)32-15-14-31-13-12-30-11-10-29-9-8-25-20(27)17-2-4-18(5-3-17)26-19-16-23-6-7-24-19/h2-7,16H,8-15H2,1H3,(H,22,28)(H,24,26)(H,25,27). The molecule has 0 aliphatic carbocycles. The van der Waals surface area contributed by atoms with Crippen LogP contribution in [-0.2, 0) is 18.9 Å². The first-order valence-corrected chi connectivity index (χ1v) is 10.2. The SMILES string of the molecule is CNC(=O)OCCOCCOCCOCCNC(=O)c1ccc(Nc2cnccn2)cc1. The maximum atomic E-state index is 12.2. The molecule has 0 spiro atoms. The summed E-state index contributed by atoms with van der Waals surface area (Å²) in [6.45, 7) is 2.95. The molecule has 0 bridgehead atoms. The smallest absolute Gasteiger partial charge is 0.406 e. The lowest BCUT2D eigenvalue weighted by Gasteiger charge is -2.09. The van der Waals surface area contributed by atoms with Gasteiger partial charge in [-0.2, -0.15) is 0 Å². The Bertz CT molecular complexity index is 791. The second-order valence-electron chi connectivity index (χ2n) is 6.27. The molecule has 3 N–H and O–H groups in total. The van der Waals surface area contributed by atoms with Crippen molar-refractivity contribution in [3.8, 4) is 0 Å². The van der Waals surface area contributed by atoms with Crippen molar-refractivity contribution in [3.05, 3.63) is 48.4 Å². The Morgan fingerprint density at radius 1 is 0.875 bits per heavy atom. The summed E-state index contributed by atoms with van der Waals surface area (Å²) < 4.78 is 20.8. The summed E-state index contributed by atoms with van der Waals surface area (Å²) >= 11 is 0. The first-order valence-electron chi connectivity index (χ1n) is 10.2. The molecular formula is C21H29N5O6. The van der Waals surface area contributed by atoms with E-state index >= 15 is 0 Å². The third-order valence-electron chi connectivity index (χ3n) is 3.92. The van der Waals surface area contributed by atoms with Crippen molar-refractivity contribution >= 4 is 23.5 Å². The van der Waals surface area contributed by atoms with E-state index in [9.17, 15) is 9.59 Å². The first-order chi connectivity index (χ1) is 15.7. The van der Waals surface area contributed by atoms with Gasteiger partial charge in [0.15, 0.2) is 0 Å². The summed E-state index contributed by atoms with van der Waals surface area (Å²) in [5.41, 5.74) is 1.37. The van der Waals surface area contributed by atoms with Crippen molar-refractivity contribution in [1.82, 2.24) is 20.6 Å². The molecule has 0 fully saturated rings. The van der Waals surface area contributed by atoms with Gasteiger partial charge in [0, 0.05) is 37.2 Å². The normalized spacial score (nSPS) is 10.4. The summed E-state index contributed by atoms with van der Waals surface area (Å²) in [5.74, 6) is 0.458. The molecule has 0 aliphatic rings. The molecule has 1 aromatic heterocycles. The number of carbonyl (C=O) groups excluding carboxylic acids is 2. The van der Waals surface area contributed by atoms with Crippen molar-refractivity contribution in [3.63, 3.8) is 0 Å². The van der Waals surface area contributed by atoms with E-state index < -0.39 is 6.09 Å². The van der Waals surface area contributed by atoms with Crippen LogP contribution >= 0.6 is 0 Å². The molecule has 0 saturated heterocycles. The van der Waals surface area contributed by atoms with Crippen LogP contribution in [0.25, 0.3) is 0 Å². The molecule has 0 aliphatic heterocycles. The predicted molar refractivity (Wildman–Crippen MR) is 117 cm³/mol. The average molecular weight is 447 g/mol. The number of hydrogen-bond acceptors (Lipinski definition) is 9. The Morgan fingerprint density at radius 3 is 2.16 bits per heavy atom. The number of nitrogens with zero attached hydrogens (tertiary/aromatic N) is 2. The zero-order valence-corrected chi connectivity index (χ0v) is 18.0. The number of hydrogen-bond donors (Lipinski definition) is 3. The lowest BCUT2D eigenvalue weighted by molar-refractivity contribution is 0.00631. The lowest BCUT2D eigenvalue weighted by Crippen LogP contribution is -2.27. The second-order valence-corrected chi connectivity index (χ2v) is 6.27. The highest BCUT2D eigenvalue weighted by Crippen LogP contribution is 2.14. The Morgan fingerprint density at radius 2 is 1.53 bits per heavy atom. The van der Waals surface area contributed by atoms with Crippen LogP contribution in [0.4, 0.5) is 16.3 Å². The molecule has 11 nitrogen and oxygen atoms in total. The van der Waals surface area contributed by atoms with Gasteiger partial charge in [-0.25, -0.2) is 9.78 Å². The van der Waals surface area contributed by atoms with E-state index in [1.807, 2.05) is 0 Å². The summed E-state index contributed by atoms with van der Waals surface area (Å²) in [6.07, 6.45) is 4.33. The minimum absolute atomic E-state index is 0.173. The summed E-state index contributed by atoms with van der Waals surface area (Å²) in [5, 5.41) is 8.25. The maximum Gasteiger partial charge on any atom is 0.406 e. The second kappa shape index (κ2) is 15.5. The molecule has 2 aromatic rings. The van der Waals surface area contributed by atoms with Gasteiger partial charge in [-0.1, -0.05) is 0 Å². The minimum atomic E-state index is -0.483. The first kappa shape index (κ1) is 25.0. The highest BCUT2D eigenvalue weighted by atomic mass is 16.6. The van der Waals surface area contributed by atoms with E-state index in [-0.39, 0.29) is 12.5 Å². The number of aromatic nitrogens is 2. The highest BCUT2D eigenvalue weighted by molar-refractivity contribution is 5.94. The molecule has 0 unspecified atom stereocenters. The van der Waals surface area contributed by atoms with Crippen molar-refractivity contribution in [1.29, 1.82) is 0 Å². The van der Waals surface area contributed by atoms with E-state index in [0.29, 0.717) is 57.6 Å². The van der Waals surface area contributed by atoms with Gasteiger partial charge in [0.25, 0.3) is 5.91 Å². The molecular weight excluding hydrogens is 418 g/mol. The summed E-state index contributed by atoms with van der Waals surface area (Å²) in [6, 6.07) is 7.07. The van der Waals surface area contributed by atoms with E-state index in [1.54, 1.807) is 42.9 Å². The van der Waals surface area contributed by atoms with Crippen LogP contribution in [0.1, 0.15) is 10.4 Å². The Labute approximate surface area is 186 Å². The van der Waals surface area contributed by atoms with Crippen LogP contribution in [0.5, 0.6) is 0 Å². The van der Waals surface area contributed by atoms with Gasteiger partial charge in [0.1, 0.15) is 12.4 Å². The Kier molecular flexibility index (Phi) is 12.1. The van der Waals surface area contributed by atoms with Crippen molar-refractivity contribution < 1.29 is 28.5 Å². The van der Waals surface area contributed by atoms with Crippen molar-refractivity contribution in [2.75, 3.05) is 65.2 Å². The number of alkyl carbamates (subject to hydrolysis) is 1. The predicted octanol–water partition coefficient (Wildman–Crippen LogP) is 1.36. The minimum Gasteiger partial charge on any atom is -0.447 e. The van der Waals surface area contributed by atoms with Crippen molar-refractivity contribution in [2.45, 2.75) is 0 Å². The van der Waals surface area contributed by atoms with Crippen LogP contribution in [0.15, 0.2) is 42.9 Å².